The Balaban J connectivity index is 2.65. The molecule has 0 aliphatic carbocycles. The van der Waals surface area contributed by atoms with Crippen LogP contribution in [0.25, 0.3) is 0 Å². The van der Waals surface area contributed by atoms with E-state index >= 15 is 0 Å². The van der Waals surface area contributed by atoms with Gasteiger partial charge in [-0.2, -0.15) is 0 Å². The standard InChI is InChI=1S/C8H19N/c1-2-3-4-5-6-7-8-9/h2-9H2,1H3/i/hD. The first-order valence-corrected chi connectivity index (χ1v) is 4.06. The average molecular weight is 130 g/mol. The largest absolute Gasteiger partial charge is 0.330 e. The SMILES string of the molecule is [2H]NCCCCCCCC. The van der Waals surface area contributed by atoms with Gasteiger partial charge < -0.3 is 5.73 Å². The normalized spacial score (nSPS) is 11.4. The average Bonchev–Trinajstić information content (AvgIpc) is 1.97. The second-order valence-electron chi connectivity index (χ2n) is 2.52. The summed E-state index contributed by atoms with van der Waals surface area (Å²) < 4.78 is 6.67. The van der Waals surface area contributed by atoms with Gasteiger partial charge in [0.25, 0.3) is 0 Å². The van der Waals surface area contributed by atoms with Gasteiger partial charge >= 0.3 is 0 Å². The Morgan fingerprint density at radius 1 is 1.11 bits per heavy atom. The van der Waals surface area contributed by atoms with Crippen LogP contribution in [0.3, 0.4) is 0 Å². The topological polar surface area (TPSA) is 26.0 Å². The van der Waals surface area contributed by atoms with Gasteiger partial charge in [0.1, 0.15) is 1.41 Å². The van der Waals surface area contributed by atoms with Crippen LogP contribution in [-0.2, 0) is 0 Å². The van der Waals surface area contributed by atoms with Crippen molar-refractivity contribution in [1.29, 1.82) is 0 Å². The van der Waals surface area contributed by atoms with Crippen molar-refractivity contribution in [2.45, 2.75) is 45.4 Å². The maximum atomic E-state index is 6.67. The predicted octanol–water partition coefficient (Wildman–Crippen LogP) is 2.31. The summed E-state index contributed by atoms with van der Waals surface area (Å²) >= 11 is 0. The summed E-state index contributed by atoms with van der Waals surface area (Å²) in [6.45, 7) is 3.08. The van der Waals surface area contributed by atoms with Gasteiger partial charge in [-0.25, -0.2) is 0 Å². The van der Waals surface area contributed by atoms with Crippen LogP contribution in [0.2, 0.25) is 1.41 Å². The molecular formula is C8H19N. The first kappa shape index (κ1) is 7.07. The fraction of sp³-hybridized carbons (Fsp3) is 1.00. The molecule has 1 nitrogen and oxygen atoms in total. The van der Waals surface area contributed by atoms with Crippen molar-refractivity contribution in [3.63, 3.8) is 0 Å². The summed E-state index contributed by atoms with van der Waals surface area (Å²) in [5.41, 5.74) is 2.41. The highest BCUT2D eigenvalue weighted by Gasteiger charge is 1.85. The molecule has 0 bridgehead atoms. The van der Waals surface area contributed by atoms with Gasteiger partial charge in [-0.05, 0) is 13.0 Å². The fourth-order valence-corrected chi connectivity index (χ4v) is 0.905. The van der Waals surface area contributed by atoms with Crippen molar-refractivity contribution >= 4 is 0 Å². The fourth-order valence-electron chi connectivity index (χ4n) is 0.905. The van der Waals surface area contributed by atoms with Crippen molar-refractivity contribution in [2.75, 3.05) is 6.54 Å². The summed E-state index contributed by atoms with van der Waals surface area (Å²) in [7, 11) is 0. The molecule has 0 aliphatic rings. The smallest absolute Gasteiger partial charge is 0.118 e. The molecule has 0 saturated carbocycles. The number of hydrogen-bond acceptors (Lipinski definition) is 1. The monoisotopic (exact) mass is 130 g/mol. The molecule has 0 atom stereocenters. The van der Waals surface area contributed by atoms with Crippen LogP contribution < -0.4 is 5.73 Å². The van der Waals surface area contributed by atoms with Crippen LogP contribution in [0, 0.1) is 0 Å². The molecule has 0 heterocycles. The molecule has 0 saturated heterocycles. The van der Waals surface area contributed by atoms with E-state index in [-0.39, 0.29) is 0 Å². The molecule has 0 radical (unpaired) electrons. The van der Waals surface area contributed by atoms with E-state index in [1.165, 1.54) is 32.1 Å². The van der Waals surface area contributed by atoms with E-state index in [0.29, 0.717) is 0 Å². The molecule has 0 fully saturated rings. The van der Waals surface area contributed by atoms with Gasteiger partial charge in [0.15, 0.2) is 0 Å². The minimum absolute atomic E-state index is 0.853. The minimum Gasteiger partial charge on any atom is -0.330 e. The van der Waals surface area contributed by atoms with Crippen LogP contribution in [0.4, 0.5) is 0 Å². The molecule has 9 heavy (non-hydrogen) atoms. The molecule has 56 valence electrons. The van der Waals surface area contributed by atoms with E-state index in [1.54, 1.807) is 0 Å². The molecule has 0 rings (SSSR count). The second kappa shape index (κ2) is 7.96. The van der Waals surface area contributed by atoms with Crippen LogP contribution >= 0.6 is 0 Å². The first-order valence-electron chi connectivity index (χ1n) is 4.56. The first-order chi connectivity index (χ1) is 4.91. The molecule has 0 amide bonds. The summed E-state index contributed by atoms with van der Waals surface area (Å²) in [6, 6.07) is 0. The molecule has 0 aromatic carbocycles. The Morgan fingerprint density at radius 2 is 1.78 bits per heavy atom. The summed E-state index contributed by atoms with van der Waals surface area (Å²) in [5, 5.41) is 0. The molecule has 2 N–H and O–H groups in total. The number of hydrogen-bond donors (Lipinski definition) is 1. The van der Waals surface area contributed by atoms with Gasteiger partial charge in [0.05, 0.1) is 0 Å². The molecule has 0 unspecified atom stereocenters. The lowest BCUT2D eigenvalue weighted by Gasteiger charge is -1.96. The molecule has 0 aromatic rings. The maximum absolute atomic E-state index is 6.67. The molecule has 0 aliphatic heterocycles. The Hall–Kier alpha value is -0.0400. The van der Waals surface area contributed by atoms with Gasteiger partial charge in [-0.1, -0.05) is 39.0 Å². The van der Waals surface area contributed by atoms with E-state index in [0.717, 1.165) is 13.0 Å². The number of nitrogens with two attached hydrogens (primary N) is 1. The van der Waals surface area contributed by atoms with Gasteiger partial charge in [0.2, 0.25) is 0 Å². The van der Waals surface area contributed by atoms with Crippen molar-refractivity contribution in [2.24, 2.45) is 5.73 Å². The lowest BCUT2D eigenvalue weighted by Crippen LogP contribution is -1.97. The van der Waals surface area contributed by atoms with Gasteiger partial charge in [0, 0.05) is 0 Å². The number of unbranched alkanes of at least 4 members (excludes halogenated alkanes) is 5. The molecule has 0 spiro atoms. The van der Waals surface area contributed by atoms with Crippen molar-refractivity contribution in [1.82, 2.24) is 0 Å². The van der Waals surface area contributed by atoms with Crippen molar-refractivity contribution in [3.05, 3.63) is 0 Å². The van der Waals surface area contributed by atoms with Crippen molar-refractivity contribution < 1.29 is 1.41 Å². The van der Waals surface area contributed by atoms with Gasteiger partial charge in [-0.3, -0.25) is 0 Å². The zero-order valence-corrected chi connectivity index (χ0v) is 6.45. The predicted molar refractivity (Wildman–Crippen MR) is 42.4 cm³/mol. The van der Waals surface area contributed by atoms with Crippen LogP contribution in [0.15, 0.2) is 0 Å². The maximum Gasteiger partial charge on any atom is 0.118 e. The lowest BCUT2D eigenvalue weighted by molar-refractivity contribution is 0.612. The highest BCUT2D eigenvalue weighted by Crippen LogP contribution is 2.03. The van der Waals surface area contributed by atoms with E-state index in [4.69, 9.17) is 1.41 Å². The molecule has 1 heteroatoms. The van der Waals surface area contributed by atoms with E-state index in [1.807, 2.05) is 0 Å². The molecule has 0 aromatic heterocycles. The summed E-state index contributed by atoms with van der Waals surface area (Å²) in [4.78, 5) is 0. The third-order valence-electron chi connectivity index (χ3n) is 1.53. The van der Waals surface area contributed by atoms with Gasteiger partial charge in [-0.15, -0.1) is 0 Å². The lowest BCUT2D eigenvalue weighted by atomic mass is 10.1. The minimum atomic E-state index is 0.853. The Labute approximate surface area is 60.1 Å². The second-order valence-corrected chi connectivity index (χ2v) is 2.52. The third-order valence-corrected chi connectivity index (χ3v) is 1.53. The Kier molecular flexibility index (Phi) is 6.25. The highest BCUT2D eigenvalue weighted by molar-refractivity contribution is 4.43. The zero-order valence-electron chi connectivity index (χ0n) is 7.45. The Bertz CT molecular complexity index is 49.2. The summed E-state index contributed by atoms with van der Waals surface area (Å²) in [6.07, 6.45) is 7.84. The van der Waals surface area contributed by atoms with Crippen LogP contribution in [0.5, 0.6) is 0 Å². The van der Waals surface area contributed by atoms with E-state index in [9.17, 15) is 0 Å². The highest BCUT2D eigenvalue weighted by atomic mass is 14.5. The third kappa shape index (κ3) is 7.96. The summed E-state index contributed by atoms with van der Waals surface area (Å²) in [5.74, 6) is 0. The van der Waals surface area contributed by atoms with E-state index < -0.39 is 0 Å². The molecular weight excluding hydrogens is 110 g/mol. The Morgan fingerprint density at radius 3 is 2.44 bits per heavy atom. The van der Waals surface area contributed by atoms with E-state index in [2.05, 4.69) is 12.7 Å². The van der Waals surface area contributed by atoms with Crippen LogP contribution in [0.1, 0.15) is 45.4 Å². The zero-order chi connectivity index (χ0) is 7.66. The van der Waals surface area contributed by atoms with Crippen LogP contribution in [-0.4, -0.2) is 6.54 Å². The quantitative estimate of drug-likeness (QED) is 0.526. The number of rotatable bonds is 7. The van der Waals surface area contributed by atoms with Crippen molar-refractivity contribution in [3.8, 4) is 0 Å².